The molecule has 0 heterocycles. The van der Waals surface area contributed by atoms with Crippen LogP contribution in [0.2, 0.25) is 0 Å². The van der Waals surface area contributed by atoms with Crippen molar-refractivity contribution in [1.82, 2.24) is 0 Å². The van der Waals surface area contributed by atoms with Gasteiger partial charge in [0, 0.05) is 6.92 Å². The van der Waals surface area contributed by atoms with Gasteiger partial charge >= 0.3 is 17.9 Å². The molecule has 6 nitrogen and oxygen atoms in total. The first-order valence-electron chi connectivity index (χ1n) is 3.05. The minimum absolute atomic E-state index is 0. The van der Waals surface area contributed by atoms with E-state index in [1.165, 1.54) is 0 Å². The molecule has 1 unspecified atom stereocenters. The average molecular weight is 249 g/mol. The Morgan fingerprint density at radius 2 is 1.64 bits per heavy atom. The second kappa shape index (κ2) is 8.58. The molecule has 0 aromatic rings. The smallest absolute Gasteiger partial charge is 0.345 e. The lowest BCUT2D eigenvalue weighted by molar-refractivity contribution is -0.165. The quantitative estimate of drug-likeness (QED) is 0.696. The summed E-state index contributed by atoms with van der Waals surface area (Å²) < 4.78 is 4.20. The van der Waals surface area contributed by atoms with Gasteiger partial charge in [-0.05, 0) is 0 Å². The first-order chi connectivity index (χ1) is 5.43. The SMILES string of the molecule is CC(=O)OC(CC(=O)O)C(=O)O.Cl.Cl. The van der Waals surface area contributed by atoms with Crippen LogP contribution in [0, 0.1) is 0 Å². The van der Waals surface area contributed by atoms with Crippen molar-refractivity contribution in [1.29, 1.82) is 0 Å². The van der Waals surface area contributed by atoms with Gasteiger partial charge in [0.05, 0.1) is 6.42 Å². The summed E-state index contributed by atoms with van der Waals surface area (Å²) in [7, 11) is 0. The first kappa shape index (κ1) is 18.7. The molecular weight excluding hydrogens is 239 g/mol. The highest BCUT2D eigenvalue weighted by atomic mass is 35.5. The van der Waals surface area contributed by atoms with E-state index < -0.39 is 30.4 Å². The molecule has 0 aromatic heterocycles. The van der Waals surface area contributed by atoms with Crippen molar-refractivity contribution >= 4 is 42.7 Å². The van der Waals surface area contributed by atoms with Crippen LogP contribution in [0.15, 0.2) is 0 Å². The lowest BCUT2D eigenvalue weighted by Crippen LogP contribution is -2.28. The van der Waals surface area contributed by atoms with Gasteiger partial charge in [0.25, 0.3) is 0 Å². The molecule has 14 heavy (non-hydrogen) atoms. The molecule has 0 rings (SSSR count). The zero-order chi connectivity index (χ0) is 9.72. The van der Waals surface area contributed by atoms with E-state index in [1.54, 1.807) is 0 Å². The van der Waals surface area contributed by atoms with E-state index in [1.807, 2.05) is 0 Å². The van der Waals surface area contributed by atoms with Crippen molar-refractivity contribution in [3.63, 3.8) is 0 Å². The Morgan fingerprint density at radius 1 is 1.21 bits per heavy atom. The zero-order valence-electron chi connectivity index (χ0n) is 7.13. The van der Waals surface area contributed by atoms with Gasteiger partial charge in [-0.2, -0.15) is 0 Å². The number of rotatable bonds is 4. The fourth-order valence-corrected chi connectivity index (χ4v) is 0.538. The Balaban J connectivity index is -0.000000605. The van der Waals surface area contributed by atoms with Crippen molar-refractivity contribution in [2.24, 2.45) is 0 Å². The average Bonchev–Trinajstić information content (AvgIpc) is 1.83. The number of ether oxygens (including phenoxy) is 1. The lowest BCUT2D eigenvalue weighted by atomic mass is 10.2. The number of carboxylic acids is 2. The van der Waals surface area contributed by atoms with Crippen molar-refractivity contribution in [2.45, 2.75) is 19.4 Å². The maximum absolute atomic E-state index is 10.3. The van der Waals surface area contributed by atoms with Gasteiger partial charge in [0.2, 0.25) is 6.10 Å². The van der Waals surface area contributed by atoms with Gasteiger partial charge in [-0.1, -0.05) is 0 Å². The van der Waals surface area contributed by atoms with Gasteiger partial charge in [0.1, 0.15) is 0 Å². The number of hydrogen-bond acceptors (Lipinski definition) is 4. The largest absolute Gasteiger partial charge is 0.481 e. The van der Waals surface area contributed by atoms with Crippen LogP contribution in [0.1, 0.15) is 13.3 Å². The molecule has 0 aliphatic rings. The van der Waals surface area contributed by atoms with E-state index in [9.17, 15) is 14.4 Å². The zero-order valence-corrected chi connectivity index (χ0v) is 8.76. The van der Waals surface area contributed by atoms with E-state index in [4.69, 9.17) is 10.2 Å². The number of carbonyl (C=O) groups excluding carboxylic acids is 1. The van der Waals surface area contributed by atoms with Gasteiger partial charge in [-0.3, -0.25) is 9.59 Å². The third kappa shape index (κ3) is 9.08. The number of carboxylic acid groups (broad SMARTS) is 2. The maximum Gasteiger partial charge on any atom is 0.345 e. The lowest BCUT2D eigenvalue weighted by Gasteiger charge is -2.08. The fraction of sp³-hybridized carbons (Fsp3) is 0.500. The van der Waals surface area contributed by atoms with Crippen LogP contribution in [0.4, 0.5) is 0 Å². The molecule has 0 aliphatic carbocycles. The van der Waals surface area contributed by atoms with Crippen LogP contribution >= 0.6 is 24.8 Å². The fourth-order valence-electron chi connectivity index (χ4n) is 0.538. The first-order valence-corrected chi connectivity index (χ1v) is 3.05. The second-order valence-electron chi connectivity index (χ2n) is 2.03. The third-order valence-electron chi connectivity index (χ3n) is 0.944. The topological polar surface area (TPSA) is 101 Å². The standard InChI is InChI=1S/C6H8O6.2ClH/c1-3(7)12-4(6(10)11)2-5(8)9;;/h4H,2H2,1H3,(H,8,9)(H,10,11);2*1H. The van der Waals surface area contributed by atoms with Crippen LogP contribution in [0.3, 0.4) is 0 Å². The monoisotopic (exact) mass is 248 g/mol. The molecular formula is C6H10Cl2O6. The number of carbonyl (C=O) groups is 3. The summed E-state index contributed by atoms with van der Waals surface area (Å²) in [4.78, 5) is 30.5. The molecule has 84 valence electrons. The van der Waals surface area contributed by atoms with Gasteiger partial charge in [-0.25, -0.2) is 4.79 Å². The number of aliphatic carboxylic acids is 2. The molecule has 2 N–H and O–H groups in total. The molecule has 0 saturated carbocycles. The summed E-state index contributed by atoms with van der Waals surface area (Å²) in [5, 5.41) is 16.5. The van der Waals surface area contributed by atoms with E-state index in [0.717, 1.165) is 6.92 Å². The maximum atomic E-state index is 10.3. The molecule has 0 aromatic carbocycles. The summed E-state index contributed by atoms with van der Waals surface area (Å²) in [6.45, 7) is 1.01. The highest BCUT2D eigenvalue weighted by Crippen LogP contribution is 1.99. The Hall–Kier alpha value is -1.01. The summed E-state index contributed by atoms with van der Waals surface area (Å²) in [6, 6.07) is 0. The van der Waals surface area contributed by atoms with E-state index in [-0.39, 0.29) is 24.8 Å². The Bertz CT molecular complexity index is 200. The predicted molar refractivity (Wildman–Crippen MR) is 49.9 cm³/mol. The molecule has 0 aliphatic heterocycles. The van der Waals surface area contributed by atoms with Crippen molar-refractivity contribution in [3.8, 4) is 0 Å². The normalized spacial score (nSPS) is 10.1. The number of halogens is 2. The summed E-state index contributed by atoms with van der Waals surface area (Å²) in [5.41, 5.74) is 0. The van der Waals surface area contributed by atoms with Gasteiger partial charge < -0.3 is 14.9 Å². The molecule has 0 saturated heterocycles. The highest BCUT2D eigenvalue weighted by Gasteiger charge is 2.23. The summed E-state index contributed by atoms with van der Waals surface area (Å²) in [5.74, 6) is -3.61. The third-order valence-corrected chi connectivity index (χ3v) is 0.944. The second-order valence-corrected chi connectivity index (χ2v) is 2.03. The van der Waals surface area contributed by atoms with Crippen LogP contribution in [-0.2, 0) is 19.1 Å². The van der Waals surface area contributed by atoms with Gasteiger partial charge in [0.15, 0.2) is 0 Å². The molecule has 0 amide bonds. The van der Waals surface area contributed by atoms with E-state index in [2.05, 4.69) is 4.74 Å². The summed E-state index contributed by atoms with van der Waals surface area (Å²) >= 11 is 0. The van der Waals surface area contributed by atoms with E-state index in [0.29, 0.717) is 0 Å². The van der Waals surface area contributed by atoms with Crippen molar-refractivity contribution < 1.29 is 29.3 Å². The Kier molecular flexibility index (Phi) is 11.5. The highest BCUT2D eigenvalue weighted by molar-refractivity contribution is 5.85. The van der Waals surface area contributed by atoms with Crippen LogP contribution in [-0.4, -0.2) is 34.2 Å². The number of esters is 1. The molecule has 1 atom stereocenters. The molecule has 0 fully saturated rings. The summed E-state index contributed by atoms with van der Waals surface area (Å²) in [6.07, 6.45) is -2.32. The molecule has 0 spiro atoms. The van der Waals surface area contributed by atoms with Gasteiger partial charge in [-0.15, -0.1) is 24.8 Å². The van der Waals surface area contributed by atoms with Crippen LogP contribution < -0.4 is 0 Å². The molecule has 8 heteroatoms. The predicted octanol–water partition coefficient (Wildman–Crippen LogP) is 0.321. The van der Waals surface area contributed by atoms with Crippen LogP contribution in [0.5, 0.6) is 0 Å². The van der Waals surface area contributed by atoms with Crippen LogP contribution in [0.25, 0.3) is 0 Å². The van der Waals surface area contributed by atoms with Crippen molar-refractivity contribution in [2.75, 3.05) is 0 Å². The Morgan fingerprint density at radius 3 is 1.86 bits per heavy atom. The number of hydrogen-bond donors (Lipinski definition) is 2. The Labute approximate surface area is 92.1 Å². The molecule has 0 bridgehead atoms. The van der Waals surface area contributed by atoms with E-state index >= 15 is 0 Å². The molecule has 0 radical (unpaired) electrons. The minimum atomic E-state index is -1.60. The van der Waals surface area contributed by atoms with Crippen molar-refractivity contribution in [3.05, 3.63) is 0 Å². The minimum Gasteiger partial charge on any atom is -0.481 e.